The summed E-state index contributed by atoms with van der Waals surface area (Å²) >= 11 is 5.07. The number of H-pyrrole nitrogens is 1. The Kier molecular flexibility index (Phi) is 4.65. The van der Waals surface area contributed by atoms with Crippen LogP contribution in [0.4, 0.5) is 5.69 Å². The van der Waals surface area contributed by atoms with Crippen molar-refractivity contribution >= 4 is 33.9 Å². The highest BCUT2D eigenvalue weighted by molar-refractivity contribution is 7.80. The van der Waals surface area contributed by atoms with Gasteiger partial charge >= 0.3 is 0 Å². The molecular weight excluding hydrogens is 274 g/mol. The number of fused-ring (bicyclic) bond motifs is 1. The SMILES string of the molecule is C[NH+](C)CCNC(=S)N=Nc1c(O)[nH]c2ccccc12. The summed E-state index contributed by atoms with van der Waals surface area (Å²) in [6, 6.07) is 7.50. The van der Waals surface area contributed by atoms with E-state index in [2.05, 4.69) is 34.6 Å². The van der Waals surface area contributed by atoms with Gasteiger partial charge in [0.05, 0.1) is 32.7 Å². The molecule has 0 saturated carbocycles. The molecule has 0 aliphatic carbocycles. The number of aromatic hydroxyl groups is 1. The van der Waals surface area contributed by atoms with Gasteiger partial charge in [0.15, 0.2) is 5.69 Å². The van der Waals surface area contributed by atoms with E-state index in [1.807, 2.05) is 24.3 Å². The zero-order chi connectivity index (χ0) is 14.5. The number of quaternary nitrogens is 1. The van der Waals surface area contributed by atoms with Gasteiger partial charge in [-0.2, -0.15) is 0 Å². The molecule has 0 aliphatic rings. The second-order valence-corrected chi connectivity index (χ2v) is 5.14. The molecule has 2 aromatic rings. The Bertz CT molecular complexity index is 635. The van der Waals surface area contributed by atoms with E-state index < -0.39 is 0 Å². The van der Waals surface area contributed by atoms with Crippen LogP contribution in [0.3, 0.4) is 0 Å². The standard InChI is InChI=1S/C13H17N5OS/c1-18(2)8-7-14-13(20)17-16-11-9-5-3-4-6-10(9)15-12(11)19/h3-6,15,19H,7-8H2,1-2H3,(H,14,20)/p+1. The van der Waals surface area contributed by atoms with Gasteiger partial charge in [0.1, 0.15) is 0 Å². The average molecular weight is 292 g/mol. The lowest BCUT2D eigenvalue weighted by molar-refractivity contribution is -0.856. The Hall–Kier alpha value is -1.99. The predicted octanol–water partition coefficient (Wildman–Crippen LogP) is 0.976. The monoisotopic (exact) mass is 292 g/mol. The van der Waals surface area contributed by atoms with Crippen molar-refractivity contribution in [1.29, 1.82) is 0 Å². The molecule has 0 saturated heterocycles. The summed E-state index contributed by atoms with van der Waals surface area (Å²) in [6.45, 7) is 1.67. The van der Waals surface area contributed by atoms with Crippen molar-refractivity contribution in [2.75, 3.05) is 27.2 Å². The summed E-state index contributed by atoms with van der Waals surface area (Å²) in [5.74, 6) is -0.00418. The van der Waals surface area contributed by atoms with E-state index in [0.29, 0.717) is 10.8 Å². The third-order valence-corrected chi connectivity index (χ3v) is 3.03. The van der Waals surface area contributed by atoms with Crippen LogP contribution in [0.1, 0.15) is 0 Å². The molecule has 1 heterocycles. The number of thiocarbonyl (C=S) groups is 1. The third kappa shape index (κ3) is 3.52. The normalized spacial score (nSPS) is 11.6. The Morgan fingerprint density at radius 2 is 2.15 bits per heavy atom. The van der Waals surface area contributed by atoms with Crippen molar-refractivity contribution in [2.45, 2.75) is 0 Å². The van der Waals surface area contributed by atoms with Crippen LogP contribution in [0, 0.1) is 0 Å². The van der Waals surface area contributed by atoms with Gasteiger partial charge in [-0.05, 0) is 18.3 Å². The number of hydrogen-bond acceptors (Lipinski definition) is 3. The fourth-order valence-electron chi connectivity index (χ4n) is 1.76. The maximum Gasteiger partial charge on any atom is 0.218 e. The van der Waals surface area contributed by atoms with Crippen LogP contribution in [-0.2, 0) is 0 Å². The first-order chi connectivity index (χ1) is 9.58. The molecular formula is C13H18N5OS+. The number of aromatic amines is 1. The minimum atomic E-state index is -0.00418. The highest BCUT2D eigenvalue weighted by Gasteiger charge is 2.09. The van der Waals surface area contributed by atoms with E-state index in [1.165, 1.54) is 4.90 Å². The molecule has 0 aliphatic heterocycles. The molecule has 0 amide bonds. The number of para-hydroxylation sites is 1. The van der Waals surface area contributed by atoms with Crippen molar-refractivity contribution in [2.24, 2.45) is 10.2 Å². The average Bonchev–Trinajstić information content (AvgIpc) is 2.71. The first-order valence-electron chi connectivity index (χ1n) is 6.36. The van der Waals surface area contributed by atoms with E-state index in [0.717, 1.165) is 24.0 Å². The smallest absolute Gasteiger partial charge is 0.218 e. The number of aromatic nitrogens is 1. The molecule has 0 bridgehead atoms. The molecule has 0 spiro atoms. The maximum atomic E-state index is 9.82. The second kappa shape index (κ2) is 6.44. The summed E-state index contributed by atoms with van der Waals surface area (Å²) in [5.41, 5.74) is 1.22. The maximum absolute atomic E-state index is 9.82. The summed E-state index contributed by atoms with van der Waals surface area (Å²) < 4.78 is 0. The number of hydrogen-bond donors (Lipinski definition) is 4. The quantitative estimate of drug-likeness (QED) is 0.501. The van der Waals surface area contributed by atoms with Crippen LogP contribution in [0.25, 0.3) is 10.9 Å². The number of nitrogens with one attached hydrogen (secondary N) is 3. The molecule has 0 atom stereocenters. The number of rotatable bonds is 4. The van der Waals surface area contributed by atoms with Crippen LogP contribution in [0.15, 0.2) is 34.5 Å². The number of likely N-dealkylation sites (N-methyl/N-ethyl adjacent to an activating group) is 1. The highest BCUT2D eigenvalue weighted by Crippen LogP contribution is 2.34. The van der Waals surface area contributed by atoms with Gasteiger partial charge in [-0.25, -0.2) is 0 Å². The first kappa shape index (κ1) is 14.4. The Labute approximate surface area is 122 Å². The molecule has 106 valence electrons. The molecule has 4 N–H and O–H groups in total. The number of benzene rings is 1. The fraction of sp³-hybridized carbons (Fsp3) is 0.308. The van der Waals surface area contributed by atoms with Gasteiger partial charge in [-0.3, -0.25) is 0 Å². The van der Waals surface area contributed by atoms with E-state index in [-0.39, 0.29) is 5.88 Å². The topological polar surface area (TPSA) is 77.2 Å². The van der Waals surface area contributed by atoms with Crippen molar-refractivity contribution in [3.05, 3.63) is 24.3 Å². The minimum absolute atomic E-state index is 0.00418. The van der Waals surface area contributed by atoms with Gasteiger partial charge in [0.2, 0.25) is 11.0 Å². The Balaban J connectivity index is 2.06. The fourth-order valence-corrected chi connectivity index (χ4v) is 1.91. The Morgan fingerprint density at radius 3 is 2.90 bits per heavy atom. The van der Waals surface area contributed by atoms with Crippen LogP contribution in [0.5, 0.6) is 5.88 Å². The molecule has 1 aromatic carbocycles. The van der Waals surface area contributed by atoms with Crippen molar-refractivity contribution in [1.82, 2.24) is 10.3 Å². The third-order valence-electron chi connectivity index (χ3n) is 2.80. The minimum Gasteiger partial charge on any atom is -0.493 e. The van der Waals surface area contributed by atoms with Crippen molar-refractivity contribution < 1.29 is 10.0 Å². The van der Waals surface area contributed by atoms with Gasteiger partial charge in [0, 0.05) is 5.39 Å². The van der Waals surface area contributed by atoms with Gasteiger partial charge in [-0.15, -0.1) is 10.2 Å². The molecule has 20 heavy (non-hydrogen) atoms. The summed E-state index contributed by atoms with van der Waals surface area (Å²) in [6.07, 6.45) is 0. The molecule has 1 aromatic heterocycles. The van der Waals surface area contributed by atoms with Crippen molar-refractivity contribution in [3.8, 4) is 5.88 Å². The van der Waals surface area contributed by atoms with E-state index in [4.69, 9.17) is 12.2 Å². The second-order valence-electron chi connectivity index (χ2n) is 4.76. The largest absolute Gasteiger partial charge is 0.493 e. The zero-order valence-corrected chi connectivity index (χ0v) is 12.3. The summed E-state index contributed by atoms with van der Waals surface area (Å²) in [5, 5.41) is 21.9. The number of nitrogens with zero attached hydrogens (tertiary/aromatic N) is 2. The molecule has 0 radical (unpaired) electrons. The van der Waals surface area contributed by atoms with Crippen molar-refractivity contribution in [3.63, 3.8) is 0 Å². The molecule has 2 rings (SSSR count). The molecule has 6 nitrogen and oxygen atoms in total. The number of azo groups is 1. The summed E-state index contributed by atoms with van der Waals surface area (Å²) in [7, 11) is 4.13. The van der Waals surface area contributed by atoms with Crippen LogP contribution in [0.2, 0.25) is 0 Å². The lowest BCUT2D eigenvalue weighted by Gasteiger charge is -2.07. The van der Waals surface area contributed by atoms with Crippen LogP contribution < -0.4 is 10.2 Å². The van der Waals surface area contributed by atoms with Gasteiger partial charge in [0.25, 0.3) is 0 Å². The molecule has 0 fully saturated rings. The Morgan fingerprint density at radius 1 is 1.40 bits per heavy atom. The molecule has 0 unspecified atom stereocenters. The van der Waals surface area contributed by atoms with E-state index in [1.54, 1.807) is 0 Å². The molecule has 7 heteroatoms. The van der Waals surface area contributed by atoms with Crippen LogP contribution in [-0.4, -0.2) is 42.4 Å². The lowest BCUT2D eigenvalue weighted by Crippen LogP contribution is -3.06. The highest BCUT2D eigenvalue weighted by atomic mass is 32.1. The predicted molar refractivity (Wildman–Crippen MR) is 82.8 cm³/mol. The van der Waals surface area contributed by atoms with E-state index >= 15 is 0 Å². The van der Waals surface area contributed by atoms with Crippen LogP contribution >= 0.6 is 12.2 Å². The van der Waals surface area contributed by atoms with Gasteiger partial charge in [-0.1, -0.05) is 18.2 Å². The lowest BCUT2D eigenvalue weighted by atomic mass is 10.2. The zero-order valence-electron chi connectivity index (χ0n) is 11.5. The summed E-state index contributed by atoms with van der Waals surface area (Å²) in [4.78, 5) is 4.17. The first-order valence-corrected chi connectivity index (χ1v) is 6.77. The van der Waals surface area contributed by atoms with Gasteiger partial charge < -0.3 is 20.3 Å². The van der Waals surface area contributed by atoms with E-state index in [9.17, 15) is 5.11 Å².